The Labute approximate surface area is 191 Å². The van der Waals surface area contributed by atoms with E-state index >= 15 is 0 Å². The Kier molecular flexibility index (Phi) is 10.8. The molecule has 0 saturated carbocycles. The monoisotopic (exact) mass is 570 g/mol. The first-order chi connectivity index (χ1) is 15.1. The van der Waals surface area contributed by atoms with Crippen molar-refractivity contribution in [2.75, 3.05) is 32.9 Å². The summed E-state index contributed by atoms with van der Waals surface area (Å²) >= 11 is 0. The quantitative estimate of drug-likeness (QED) is 0.151. The Bertz CT molecular complexity index is 754. The molecule has 0 amide bonds. The number of sulfonamides is 1. The number of hydrogen-bond acceptors (Lipinski definition) is 3. The average Bonchev–Trinajstić information content (AvgIpc) is 2.56. The van der Waals surface area contributed by atoms with Gasteiger partial charge in [-0.3, -0.25) is 0 Å². The molecule has 0 aromatic carbocycles. The van der Waals surface area contributed by atoms with E-state index in [1.54, 1.807) is 4.72 Å². The fraction of sp³-hybridized carbons (Fsp3) is 1.00. The van der Waals surface area contributed by atoms with Crippen molar-refractivity contribution in [3.05, 3.63) is 5.21 Å². The van der Waals surface area contributed by atoms with Crippen molar-refractivity contribution >= 4 is 10.0 Å². The summed E-state index contributed by atoms with van der Waals surface area (Å²) in [6.07, 6.45) is -33.3. The van der Waals surface area contributed by atoms with Gasteiger partial charge in [0.2, 0.25) is 10.0 Å². The van der Waals surface area contributed by atoms with Gasteiger partial charge in [-0.25, -0.2) is 17.5 Å². The van der Waals surface area contributed by atoms with Gasteiger partial charge in [0.05, 0.1) is 38.2 Å². The molecular weight excluding hydrogens is 547 g/mol. The Balaban J connectivity index is 5.69. The number of rotatable bonds is 12. The van der Waals surface area contributed by atoms with E-state index in [1.165, 1.54) is 14.1 Å². The van der Waals surface area contributed by atoms with E-state index in [4.69, 9.17) is 0 Å². The topological polar surface area (TPSA) is 69.2 Å². The van der Waals surface area contributed by atoms with Gasteiger partial charge in [-0.05, 0) is 12.8 Å². The molecule has 0 aliphatic carbocycles. The standard InChI is InChI=1S/C16H23F13N2O3S/c1-31(2,32)6-3-5-30-35(33,34)7-4-10(13(18,19)20)8-11(14(21,22)23)9-12(17,15(24,25)26)16(27,28)29/h10-11,30H,3-9H2,1-2H3. The number of nitrogens with one attached hydrogen (secondary N) is 1. The molecule has 0 rings (SSSR count). The van der Waals surface area contributed by atoms with Crippen LogP contribution in [0.4, 0.5) is 57.1 Å². The maximum atomic E-state index is 13.8. The van der Waals surface area contributed by atoms with Crippen LogP contribution in [0.1, 0.15) is 25.7 Å². The van der Waals surface area contributed by atoms with E-state index in [2.05, 4.69) is 0 Å². The highest BCUT2D eigenvalue weighted by Gasteiger charge is 2.74. The molecular formula is C16H23F13N2O3S. The molecule has 35 heavy (non-hydrogen) atoms. The average molecular weight is 570 g/mol. The number of nitrogens with zero attached hydrogens (tertiary/aromatic N) is 1. The maximum Gasteiger partial charge on any atom is 0.431 e. The van der Waals surface area contributed by atoms with Gasteiger partial charge in [-0.15, -0.1) is 0 Å². The minimum absolute atomic E-state index is 0.0813. The highest BCUT2D eigenvalue weighted by molar-refractivity contribution is 7.89. The zero-order valence-electron chi connectivity index (χ0n) is 18.1. The molecule has 0 aliphatic heterocycles. The first kappa shape index (κ1) is 33.9. The van der Waals surface area contributed by atoms with Crippen LogP contribution in [0, 0.1) is 17.0 Å². The van der Waals surface area contributed by atoms with Crippen LogP contribution in [0.2, 0.25) is 0 Å². The fourth-order valence-corrected chi connectivity index (χ4v) is 4.07. The fourth-order valence-electron chi connectivity index (χ4n) is 2.88. The SMILES string of the molecule is C[N+](C)([O-])CCCNS(=O)(=O)CCC(CC(CC(F)(C(F)(F)F)C(F)(F)F)C(F)(F)F)C(F)(F)F. The van der Waals surface area contributed by atoms with Crippen LogP contribution in [0.25, 0.3) is 0 Å². The predicted molar refractivity (Wildman–Crippen MR) is 95.6 cm³/mol. The van der Waals surface area contributed by atoms with Crippen molar-refractivity contribution in [1.29, 1.82) is 0 Å². The largest absolute Gasteiger partial charge is 0.633 e. The van der Waals surface area contributed by atoms with Gasteiger partial charge in [-0.1, -0.05) is 0 Å². The van der Waals surface area contributed by atoms with Gasteiger partial charge in [0, 0.05) is 19.4 Å². The number of halogens is 13. The van der Waals surface area contributed by atoms with Crippen molar-refractivity contribution in [2.24, 2.45) is 11.8 Å². The molecule has 0 aromatic heterocycles. The van der Waals surface area contributed by atoms with Crippen LogP contribution in [0.15, 0.2) is 0 Å². The molecule has 1 N–H and O–H groups in total. The normalized spacial score (nSPS) is 16.9. The van der Waals surface area contributed by atoms with Crippen LogP contribution in [0.3, 0.4) is 0 Å². The molecule has 212 valence electrons. The Morgan fingerprint density at radius 3 is 1.57 bits per heavy atom. The molecule has 0 radical (unpaired) electrons. The third kappa shape index (κ3) is 11.2. The number of hydrogen-bond donors (Lipinski definition) is 1. The number of hydroxylamine groups is 3. The molecule has 2 unspecified atom stereocenters. The second-order valence-electron chi connectivity index (χ2n) is 8.37. The lowest BCUT2D eigenvalue weighted by Crippen LogP contribution is -2.55. The lowest BCUT2D eigenvalue weighted by Gasteiger charge is -2.35. The third-order valence-electron chi connectivity index (χ3n) is 4.85. The third-order valence-corrected chi connectivity index (χ3v) is 6.27. The van der Waals surface area contributed by atoms with E-state index in [0.29, 0.717) is 0 Å². The van der Waals surface area contributed by atoms with E-state index in [9.17, 15) is 70.7 Å². The molecule has 0 bridgehead atoms. The second kappa shape index (κ2) is 11.1. The van der Waals surface area contributed by atoms with Crippen LogP contribution in [-0.2, 0) is 10.0 Å². The number of quaternary nitrogens is 1. The van der Waals surface area contributed by atoms with Gasteiger partial charge >= 0.3 is 24.7 Å². The number of alkyl halides is 13. The minimum atomic E-state index is -6.92. The van der Waals surface area contributed by atoms with Crippen molar-refractivity contribution in [3.63, 3.8) is 0 Å². The van der Waals surface area contributed by atoms with Crippen molar-refractivity contribution in [1.82, 2.24) is 4.72 Å². The summed E-state index contributed by atoms with van der Waals surface area (Å²) in [5.41, 5.74) is -6.46. The van der Waals surface area contributed by atoms with E-state index in [1.807, 2.05) is 0 Å². The first-order valence-electron chi connectivity index (χ1n) is 9.59. The second-order valence-corrected chi connectivity index (χ2v) is 10.3. The van der Waals surface area contributed by atoms with E-state index in [-0.39, 0.29) is 13.0 Å². The van der Waals surface area contributed by atoms with E-state index in [0.717, 1.165) is 0 Å². The van der Waals surface area contributed by atoms with Gasteiger partial charge in [0.1, 0.15) is 0 Å². The lowest BCUT2D eigenvalue weighted by molar-refractivity contribution is -0.840. The summed E-state index contributed by atoms with van der Waals surface area (Å²) in [4.78, 5) is 0. The smallest absolute Gasteiger partial charge is 0.431 e. The van der Waals surface area contributed by atoms with Crippen LogP contribution >= 0.6 is 0 Å². The van der Waals surface area contributed by atoms with Crippen molar-refractivity contribution in [3.8, 4) is 0 Å². The molecule has 5 nitrogen and oxygen atoms in total. The summed E-state index contributed by atoms with van der Waals surface area (Å²) in [5, 5.41) is 11.3. The Hall–Kier alpha value is -1.08. The van der Waals surface area contributed by atoms with Gasteiger partial charge in [-0.2, -0.15) is 52.7 Å². The summed E-state index contributed by atoms with van der Waals surface area (Å²) in [7, 11) is -2.19. The van der Waals surface area contributed by atoms with Crippen LogP contribution in [0.5, 0.6) is 0 Å². The molecule has 0 fully saturated rings. The molecule has 0 heterocycles. The maximum absolute atomic E-state index is 13.8. The van der Waals surface area contributed by atoms with Gasteiger partial charge in [0.25, 0.3) is 5.67 Å². The molecule has 0 aliphatic rings. The lowest BCUT2D eigenvalue weighted by atomic mass is 9.83. The molecule has 0 spiro atoms. The summed E-state index contributed by atoms with van der Waals surface area (Å²) in [6, 6.07) is 0. The van der Waals surface area contributed by atoms with Gasteiger partial charge < -0.3 is 9.85 Å². The van der Waals surface area contributed by atoms with Gasteiger partial charge in [0.15, 0.2) is 0 Å². The minimum Gasteiger partial charge on any atom is -0.633 e. The molecule has 0 saturated heterocycles. The van der Waals surface area contributed by atoms with E-state index < -0.39 is 88.4 Å². The highest BCUT2D eigenvalue weighted by atomic mass is 32.2. The zero-order chi connectivity index (χ0) is 28.3. The molecule has 2 atom stereocenters. The Morgan fingerprint density at radius 2 is 1.23 bits per heavy atom. The zero-order valence-corrected chi connectivity index (χ0v) is 18.9. The summed E-state index contributed by atoms with van der Waals surface area (Å²) in [5.74, 6) is -8.87. The van der Waals surface area contributed by atoms with Crippen LogP contribution < -0.4 is 4.72 Å². The highest BCUT2D eigenvalue weighted by Crippen LogP contribution is 2.53. The first-order valence-corrected chi connectivity index (χ1v) is 11.2. The van der Waals surface area contributed by atoms with Crippen LogP contribution in [-0.4, -0.2) is 76.4 Å². The van der Waals surface area contributed by atoms with Crippen molar-refractivity contribution in [2.45, 2.75) is 56.1 Å². The Morgan fingerprint density at radius 1 is 0.800 bits per heavy atom. The predicted octanol–water partition coefficient (Wildman–Crippen LogP) is 5.23. The summed E-state index contributed by atoms with van der Waals surface area (Å²) < 4.78 is 193. The summed E-state index contributed by atoms with van der Waals surface area (Å²) in [6.45, 7) is -0.556. The molecule has 19 heteroatoms. The van der Waals surface area contributed by atoms with Crippen molar-refractivity contribution < 1.29 is 70.1 Å². The molecule has 0 aromatic rings.